The van der Waals surface area contributed by atoms with E-state index in [9.17, 15) is 9.59 Å². The van der Waals surface area contributed by atoms with Crippen molar-refractivity contribution in [3.63, 3.8) is 0 Å². The number of aromatic nitrogens is 2. The molecule has 1 aliphatic rings. The smallest absolute Gasteiger partial charge is 0.343 e. The number of esters is 1. The van der Waals surface area contributed by atoms with E-state index in [4.69, 9.17) is 23.8 Å². The molecule has 1 unspecified atom stereocenters. The first kappa shape index (κ1) is 23.8. The fourth-order valence-electron chi connectivity index (χ4n) is 3.89. The summed E-state index contributed by atoms with van der Waals surface area (Å²) in [7, 11) is 5.82. The Labute approximate surface area is 201 Å². The summed E-state index contributed by atoms with van der Waals surface area (Å²) in [5.41, 5.74) is 1.58. The van der Waals surface area contributed by atoms with E-state index in [0.717, 1.165) is 5.56 Å². The van der Waals surface area contributed by atoms with Crippen LogP contribution in [0, 0.1) is 0 Å². The number of carbonyl (C=O) groups excluding carboxylic acids is 1. The molecule has 35 heavy (non-hydrogen) atoms. The SMILES string of the molecule is CO/C=C(\C(=O)OC)c1nn(CC2CC(c3ccc(OC)c(OC)c3)=NO2)c(=O)c2ccccc12. The Hall–Kier alpha value is -4.34. The molecule has 0 spiro atoms. The van der Waals surface area contributed by atoms with E-state index in [0.29, 0.717) is 34.4 Å². The fraction of sp³-hybridized carbons (Fsp3) is 0.280. The molecule has 10 nitrogen and oxygen atoms in total. The second-order valence-corrected chi connectivity index (χ2v) is 7.68. The fourth-order valence-corrected chi connectivity index (χ4v) is 3.89. The molecule has 1 aliphatic heterocycles. The van der Waals surface area contributed by atoms with Gasteiger partial charge in [0.05, 0.1) is 52.3 Å². The quantitative estimate of drug-likeness (QED) is 0.276. The molecule has 4 rings (SSSR count). The highest BCUT2D eigenvalue weighted by Crippen LogP contribution is 2.30. The van der Waals surface area contributed by atoms with Gasteiger partial charge in [-0.1, -0.05) is 23.4 Å². The number of rotatable bonds is 8. The van der Waals surface area contributed by atoms with Crippen LogP contribution < -0.4 is 15.0 Å². The molecule has 0 amide bonds. The molecule has 1 aromatic heterocycles. The molecule has 3 aromatic rings. The number of oxime groups is 1. The average molecular weight is 479 g/mol. The van der Waals surface area contributed by atoms with Crippen LogP contribution in [0.4, 0.5) is 0 Å². The van der Waals surface area contributed by atoms with Gasteiger partial charge in [-0.15, -0.1) is 0 Å². The number of benzene rings is 2. The molecule has 2 heterocycles. The number of hydrogen-bond donors (Lipinski definition) is 0. The van der Waals surface area contributed by atoms with Crippen LogP contribution in [0.15, 0.2) is 58.7 Å². The summed E-state index contributed by atoms with van der Waals surface area (Å²) in [5.74, 6) is 0.552. The van der Waals surface area contributed by atoms with E-state index < -0.39 is 12.1 Å². The topological polar surface area (TPSA) is 110 Å². The largest absolute Gasteiger partial charge is 0.503 e. The van der Waals surface area contributed by atoms with Crippen LogP contribution in [0.5, 0.6) is 11.5 Å². The van der Waals surface area contributed by atoms with Gasteiger partial charge in [0, 0.05) is 17.4 Å². The highest BCUT2D eigenvalue weighted by molar-refractivity contribution is 6.18. The lowest BCUT2D eigenvalue weighted by atomic mass is 10.0. The van der Waals surface area contributed by atoms with Crippen molar-refractivity contribution in [3.8, 4) is 11.5 Å². The minimum absolute atomic E-state index is 0.0922. The second-order valence-electron chi connectivity index (χ2n) is 7.68. The molecule has 10 heteroatoms. The summed E-state index contributed by atoms with van der Waals surface area (Å²) in [4.78, 5) is 31.3. The number of fused-ring (bicyclic) bond motifs is 1. The highest BCUT2D eigenvalue weighted by Gasteiger charge is 2.26. The molecule has 0 bridgehead atoms. The van der Waals surface area contributed by atoms with E-state index >= 15 is 0 Å². The molecule has 0 saturated carbocycles. The van der Waals surface area contributed by atoms with Gasteiger partial charge in [-0.25, -0.2) is 9.48 Å². The van der Waals surface area contributed by atoms with Gasteiger partial charge >= 0.3 is 5.97 Å². The van der Waals surface area contributed by atoms with Gasteiger partial charge in [0.15, 0.2) is 17.6 Å². The van der Waals surface area contributed by atoms with E-state index in [1.807, 2.05) is 12.1 Å². The van der Waals surface area contributed by atoms with Crippen molar-refractivity contribution < 1.29 is 28.6 Å². The van der Waals surface area contributed by atoms with Crippen molar-refractivity contribution in [2.24, 2.45) is 5.16 Å². The van der Waals surface area contributed by atoms with Crippen molar-refractivity contribution in [2.75, 3.05) is 28.4 Å². The maximum Gasteiger partial charge on any atom is 0.343 e. The molecule has 1 atom stereocenters. The normalized spacial score (nSPS) is 15.4. The number of carbonyl (C=O) groups is 1. The van der Waals surface area contributed by atoms with Gasteiger partial charge in [-0.05, 0) is 24.3 Å². The van der Waals surface area contributed by atoms with Gasteiger partial charge in [0.25, 0.3) is 5.56 Å². The minimum Gasteiger partial charge on any atom is -0.503 e. The molecule has 0 radical (unpaired) electrons. The summed E-state index contributed by atoms with van der Waals surface area (Å²) in [6.45, 7) is 0.123. The maximum atomic E-state index is 13.2. The van der Waals surface area contributed by atoms with Crippen molar-refractivity contribution in [1.29, 1.82) is 0 Å². The van der Waals surface area contributed by atoms with E-state index in [2.05, 4.69) is 10.3 Å². The van der Waals surface area contributed by atoms with Crippen molar-refractivity contribution in [2.45, 2.75) is 19.1 Å². The number of methoxy groups -OCH3 is 4. The Balaban J connectivity index is 1.66. The summed E-state index contributed by atoms with van der Waals surface area (Å²) in [6, 6.07) is 12.4. The zero-order chi connectivity index (χ0) is 24.9. The Morgan fingerprint density at radius 1 is 1.09 bits per heavy atom. The number of ether oxygens (including phenoxy) is 4. The standard InChI is InChI=1S/C25H25N3O7/c1-31-14-19(25(30)34-4)23-17-7-5-6-8-18(17)24(29)28(26-23)13-16-12-20(27-35-16)15-9-10-21(32-2)22(11-15)33-3/h5-11,14,16H,12-13H2,1-4H3/b19-14-. The average Bonchev–Trinajstić information content (AvgIpc) is 3.36. The first-order valence-electron chi connectivity index (χ1n) is 10.8. The van der Waals surface area contributed by atoms with Crippen LogP contribution in [0.1, 0.15) is 17.7 Å². The molecule has 0 fully saturated rings. The molecule has 0 aliphatic carbocycles. The van der Waals surface area contributed by atoms with E-state index in [1.54, 1.807) is 44.6 Å². The lowest BCUT2D eigenvalue weighted by Gasteiger charge is -2.14. The molecule has 0 saturated heterocycles. The maximum absolute atomic E-state index is 13.2. The van der Waals surface area contributed by atoms with Crippen LogP contribution in [-0.4, -0.2) is 56.0 Å². The highest BCUT2D eigenvalue weighted by atomic mass is 16.6. The van der Waals surface area contributed by atoms with Crippen LogP contribution in [-0.2, 0) is 25.7 Å². The van der Waals surface area contributed by atoms with Crippen LogP contribution in [0.2, 0.25) is 0 Å². The van der Waals surface area contributed by atoms with E-state index in [-0.39, 0.29) is 23.4 Å². The predicted octanol–water partition coefficient (Wildman–Crippen LogP) is 2.77. The summed E-state index contributed by atoms with van der Waals surface area (Å²) in [5, 5.41) is 9.61. The van der Waals surface area contributed by atoms with Crippen LogP contribution >= 0.6 is 0 Å². The third kappa shape index (κ3) is 4.68. The van der Waals surface area contributed by atoms with Crippen molar-refractivity contribution >= 4 is 28.0 Å². The first-order valence-corrected chi connectivity index (χ1v) is 10.8. The Bertz CT molecular complexity index is 1380. The monoisotopic (exact) mass is 479 g/mol. The van der Waals surface area contributed by atoms with Crippen molar-refractivity contribution in [1.82, 2.24) is 9.78 Å². The summed E-state index contributed by atoms with van der Waals surface area (Å²) in [6.07, 6.45) is 1.26. The third-order valence-corrected chi connectivity index (χ3v) is 5.59. The lowest BCUT2D eigenvalue weighted by Crippen LogP contribution is -2.30. The van der Waals surface area contributed by atoms with Gasteiger partial charge in [0.2, 0.25) is 0 Å². The second kappa shape index (κ2) is 10.3. The van der Waals surface area contributed by atoms with Crippen LogP contribution in [0.3, 0.4) is 0 Å². The zero-order valence-corrected chi connectivity index (χ0v) is 19.8. The van der Waals surface area contributed by atoms with Gasteiger partial charge in [-0.2, -0.15) is 5.10 Å². The summed E-state index contributed by atoms with van der Waals surface area (Å²) >= 11 is 0. The predicted molar refractivity (Wildman–Crippen MR) is 129 cm³/mol. The third-order valence-electron chi connectivity index (χ3n) is 5.59. The first-order chi connectivity index (χ1) is 17.0. The van der Waals surface area contributed by atoms with Gasteiger partial charge < -0.3 is 23.8 Å². The Kier molecular flexibility index (Phi) is 7.00. The zero-order valence-electron chi connectivity index (χ0n) is 19.8. The number of nitrogens with zero attached hydrogens (tertiary/aromatic N) is 3. The molecule has 0 N–H and O–H groups in total. The van der Waals surface area contributed by atoms with Crippen LogP contribution in [0.25, 0.3) is 16.3 Å². The van der Waals surface area contributed by atoms with Crippen molar-refractivity contribution in [3.05, 3.63) is 70.3 Å². The molecular formula is C25H25N3O7. The van der Waals surface area contributed by atoms with E-state index in [1.165, 1.54) is 25.2 Å². The Morgan fingerprint density at radius 3 is 2.51 bits per heavy atom. The summed E-state index contributed by atoms with van der Waals surface area (Å²) < 4.78 is 21.9. The molecule has 2 aromatic carbocycles. The number of hydrogen-bond acceptors (Lipinski definition) is 9. The van der Waals surface area contributed by atoms with Gasteiger partial charge in [0.1, 0.15) is 11.3 Å². The molecule has 182 valence electrons. The van der Waals surface area contributed by atoms with Gasteiger partial charge in [-0.3, -0.25) is 4.79 Å². The molecular weight excluding hydrogens is 454 g/mol. The Morgan fingerprint density at radius 2 is 1.83 bits per heavy atom. The lowest BCUT2D eigenvalue weighted by molar-refractivity contribution is -0.133. The minimum atomic E-state index is -0.633.